The molecule has 0 amide bonds. The number of rotatable bonds is 6. The lowest BCUT2D eigenvalue weighted by molar-refractivity contribution is 0.140. The largest absolute Gasteiger partial charge is 0.382 e. The quantitative estimate of drug-likeness (QED) is 0.808. The fourth-order valence-corrected chi connectivity index (χ4v) is 1.87. The van der Waals surface area contributed by atoms with Gasteiger partial charge >= 0.3 is 0 Å². The highest BCUT2D eigenvalue weighted by Crippen LogP contribution is 2.17. The normalized spacial score (nSPS) is 12.7. The van der Waals surface area contributed by atoms with Gasteiger partial charge in [-0.25, -0.2) is 0 Å². The van der Waals surface area contributed by atoms with Crippen LogP contribution in [-0.4, -0.2) is 19.3 Å². The molecule has 0 aromatic heterocycles. The van der Waals surface area contributed by atoms with E-state index in [2.05, 4.69) is 22.0 Å². The minimum Gasteiger partial charge on any atom is -0.382 e. The standard InChI is InChI=1S/C12H18BrNO/c1-2-15-8-7-11(14)9-10-5-3-4-6-12(10)13/h3-6,11H,2,7-9,14H2,1H3. The zero-order chi connectivity index (χ0) is 11.1. The van der Waals surface area contributed by atoms with Crippen LogP contribution >= 0.6 is 15.9 Å². The number of nitrogens with two attached hydrogens (primary N) is 1. The first kappa shape index (κ1) is 12.7. The van der Waals surface area contributed by atoms with Crippen LogP contribution < -0.4 is 5.73 Å². The second kappa shape index (κ2) is 6.99. The van der Waals surface area contributed by atoms with Gasteiger partial charge in [0.2, 0.25) is 0 Å². The lowest BCUT2D eigenvalue weighted by Crippen LogP contribution is -2.24. The highest BCUT2D eigenvalue weighted by atomic mass is 79.9. The molecule has 1 aromatic carbocycles. The summed E-state index contributed by atoms with van der Waals surface area (Å²) in [5, 5.41) is 0. The SMILES string of the molecule is CCOCCC(N)Cc1ccccc1Br. The van der Waals surface area contributed by atoms with Crippen LogP contribution in [0.25, 0.3) is 0 Å². The van der Waals surface area contributed by atoms with Crippen LogP contribution in [-0.2, 0) is 11.2 Å². The first-order chi connectivity index (χ1) is 7.24. The van der Waals surface area contributed by atoms with Gasteiger partial charge in [-0.1, -0.05) is 34.1 Å². The van der Waals surface area contributed by atoms with Gasteiger partial charge in [-0.3, -0.25) is 0 Å². The Hall–Kier alpha value is -0.380. The van der Waals surface area contributed by atoms with Gasteiger partial charge in [0, 0.05) is 23.7 Å². The van der Waals surface area contributed by atoms with Crippen molar-refractivity contribution < 1.29 is 4.74 Å². The molecule has 1 unspecified atom stereocenters. The zero-order valence-electron chi connectivity index (χ0n) is 9.08. The fourth-order valence-electron chi connectivity index (χ4n) is 1.43. The van der Waals surface area contributed by atoms with Gasteiger partial charge in [0.1, 0.15) is 0 Å². The minimum atomic E-state index is 0.176. The van der Waals surface area contributed by atoms with Crippen molar-refractivity contribution in [1.29, 1.82) is 0 Å². The monoisotopic (exact) mass is 271 g/mol. The summed E-state index contributed by atoms with van der Waals surface area (Å²) in [6.45, 7) is 3.52. The van der Waals surface area contributed by atoms with Crippen molar-refractivity contribution in [1.82, 2.24) is 0 Å². The van der Waals surface area contributed by atoms with Gasteiger partial charge in [0.05, 0.1) is 0 Å². The molecule has 0 saturated carbocycles. The van der Waals surface area contributed by atoms with Gasteiger partial charge < -0.3 is 10.5 Å². The number of hydrogen-bond acceptors (Lipinski definition) is 2. The van der Waals surface area contributed by atoms with E-state index in [1.165, 1.54) is 5.56 Å². The molecule has 15 heavy (non-hydrogen) atoms. The molecule has 0 bridgehead atoms. The summed E-state index contributed by atoms with van der Waals surface area (Å²) in [4.78, 5) is 0. The molecule has 1 rings (SSSR count). The highest BCUT2D eigenvalue weighted by Gasteiger charge is 2.06. The van der Waals surface area contributed by atoms with Crippen LogP contribution in [0.2, 0.25) is 0 Å². The Balaban J connectivity index is 2.37. The molecule has 0 radical (unpaired) electrons. The summed E-state index contributed by atoms with van der Waals surface area (Å²) in [5.41, 5.74) is 7.28. The van der Waals surface area contributed by atoms with E-state index < -0.39 is 0 Å². The van der Waals surface area contributed by atoms with Crippen molar-refractivity contribution in [2.75, 3.05) is 13.2 Å². The summed E-state index contributed by atoms with van der Waals surface area (Å²) in [5.74, 6) is 0. The highest BCUT2D eigenvalue weighted by molar-refractivity contribution is 9.10. The Morgan fingerprint density at radius 3 is 2.80 bits per heavy atom. The average molecular weight is 272 g/mol. The molecule has 3 heteroatoms. The molecule has 0 aliphatic heterocycles. The third-order valence-electron chi connectivity index (χ3n) is 2.28. The molecular weight excluding hydrogens is 254 g/mol. The molecule has 0 heterocycles. The molecule has 0 spiro atoms. The topological polar surface area (TPSA) is 35.2 Å². The maximum atomic E-state index is 6.01. The third-order valence-corrected chi connectivity index (χ3v) is 3.05. The van der Waals surface area contributed by atoms with Gasteiger partial charge in [-0.15, -0.1) is 0 Å². The molecule has 0 aliphatic rings. The number of halogens is 1. The van der Waals surface area contributed by atoms with E-state index in [0.717, 1.165) is 30.5 Å². The number of benzene rings is 1. The number of ether oxygens (including phenoxy) is 1. The van der Waals surface area contributed by atoms with E-state index in [1.807, 2.05) is 25.1 Å². The summed E-state index contributed by atoms with van der Waals surface area (Å²) in [6.07, 6.45) is 1.81. The maximum Gasteiger partial charge on any atom is 0.0480 e. The second-order valence-electron chi connectivity index (χ2n) is 3.54. The predicted molar refractivity (Wildman–Crippen MR) is 66.9 cm³/mol. The summed E-state index contributed by atoms with van der Waals surface area (Å²) >= 11 is 3.52. The Bertz CT molecular complexity index is 291. The van der Waals surface area contributed by atoms with E-state index >= 15 is 0 Å². The van der Waals surface area contributed by atoms with Crippen molar-refractivity contribution in [2.45, 2.75) is 25.8 Å². The summed E-state index contributed by atoms with van der Waals surface area (Å²) < 4.78 is 6.42. The molecule has 1 aromatic rings. The van der Waals surface area contributed by atoms with Crippen LogP contribution in [0.3, 0.4) is 0 Å². The predicted octanol–water partition coefficient (Wildman–Crippen LogP) is 2.75. The van der Waals surface area contributed by atoms with Crippen LogP contribution in [0.4, 0.5) is 0 Å². The zero-order valence-corrected chi connectivity index (χ0v) is 10.7. The Morgan fingerprint density at radius 2 is 2.13 bits per heavy atom. The molecular formula is C12H18BrNO. The van der Waals surface area contributed by atoms with Gasteiger partial charge in [-0.2, -0.15) is 0 Å². The Morgan fingerprint density at radius 1 is 1.40 bits per heavy atom. The lowest BCUT2D eigenvalue weighted by atomic mass is 10.0. The first-order valence-corrected chi connectivity index (χ1v) is 6.10. The lowest BCUT2D eigenvalue weighted by Gasteiger charge is -2.12. The molecule has 2 N–H and O–H groups in total. The Kier molecular flexibility index (Phi) is 5.91. The van der Waals surface area contributed by atoms with Crippen LogP contribution in [0, 0.1) is 0 Å². The average Bonchev–Trinajstić information content (AvgIpc) is 2.22. The van der Waals surface area contributed by atoms with E-state index in [0.29, 0.717) is 0 Å². The maximum absolute atomic E-state index is 6.01. The van der Waals surface area contributed by atoms with Crippen LogP contribution in [0.15, 0.2) is 28.7 Å². The van der Waals surface area contributed by atoms with Crippen molar-refractivity contribution in [3.8, 4) is 0 Å². The number of hydrogen-bond donors (Lipinski definition) is 1. The van der Waals surface area contributed by atoms with Crippen LogP contribution in [0.1, 0.15) is 18.9 Å². The van der Waals surface area contributed by atoms with E-state index in [4.69, 9.17) is 10.5 Å². The molecule has 84 valence electrons. The second-order valence-corrected chi connectivity index (χ2v) is 4.40. The van der Waals surface area contributed by atoms with Crippen molar-refractivity contribution in [3.63, 3.8) is 0 Å². The van der Waals surface area contributed by atoms with Gasteiger partial charge in [0.15, 0.2) is 0 Å². The first-order valence-electron chi connectivity index (χ1n) is 5.30. The van der Waals surface area contributed by atoms with E-state index in [-0.39, 0.29) is 6.04 Å². The van der Waals surface area contributed by atoms with E-state index in [9.17, 15) is 0 Å². The van der Waals surface area contributed by atoms with Crippen LogP contribution in [0.5, 0.6) is 0 Å². The summed E-state index contributed by atoms with van der Waals surface area (Å²) in [7, 11) is 0. The van der Waals surface area contributed by atoms with Crippen molar-refractivity contribution >= 4 is 15.9 Å². The Labute approximate surface area is 99.9 Å². The van der Waals surface area contributed by atoms with Gasteiger partial charge in [0.25, 0.3) is 0 Å². The molecule has 0 aliphatic carbocycles. The molecule has 0 fully saturated rings. The molecule has 0 saturated heterocycles. The third kappa shape index (κ3) is 4.78. The minimum absolute atomic E-state index is 0.176. The van der Waals surface area contributed by atoms with E-state index in [1.54, 1.807) is 0 Å². The van der Waals surface area contributed by atoms with Crippen molar-refractivity contribution in [2.24, 2.45) is 5.73 Å². The fraction of sp³-hybridized carbons (Fsp3) is 0.500. The van der Waals surface area contributed by atoms with Gasteiger partial charge in [-0.05, 0) is 31.4 Å². The molecule has 1 atom stereocenters. The van der Waals surface area contributed by atoms with Crippen molar-refractivity contribution in [3.05, 3.63) is 34.3 Å². The summed E-state index contributed by atoms with van der Waals surface area (Å²) in [6, 6.07) is 8.37. The smallest absolute Gasteiger partial charge is 0.0480 e. The molecule has 2 nitrogen and oxygen atoms in total.